The highest BCUT2D eigenvalue weighted by atomic mass is 16.3. The third kappa shape index (κ3) is 4.87. The Labute approximate surface area is 89.2 Å². The molecule has 0 spiro atoms. The molecule has 0 aromatic carbocycles. The number of nitrogens with one attached hydrogen (secondary N) is 1. The number of aliphatic hydroxyl groups excluding tert-OH is 5. The van der Waals surface area contributed by atoms with Gasteiger partial charge in [0.2, 0.25) is 0 Å². The molecule has 1 aliphatic heterocycles. The molecule has 1 heterocycles. The lowest BCUT2D eigenvalue weighted by molar-refractivity contribution is 0.0130. The molecule has 0 aliphatic carbocycles. The number of aliphatic hydroxyl groups is 5. The largest absolute Gasteiger partial charge is 0.395 e. The smallest absolute Gasteiger partial charge is 0.0990 e. The van der Waals surface area contributed by atoms with Gasteiger partial charge in [0.05, 0.1) is 37.5 Å². The standard InChI is InChI=1S/C6H13NO4.C3H8O/c8-1-3-5(10)6(11)4(2-9)7-3;1-3(2)4/h3-11H,1-2H2;3-4H,1-2H3. The van der Waals surface area contributed by atoms with Crippen molar-refractivity contribution in [3.05, 3.63) is 0 Å². The van der Waals surface area contributed by atoms with Crippen molar-refractivity contribution in [2.24, 2.45) is 0 Å². The van der Waals surface area contributed by atoms with E-state index in [9.17, 15) is 10.2 Å². The van der Waals surface area contributed by atoms with Gasteiger partial charge in [-0.3, -0.25) is 0 Å². The molecule has 1 rings (SSSR count). The van der Waals surface area contributed by atoms with Crippen LogP contribution in [0.4, 0.5) is 0 Å². The van der Waals surface area contributed by atoms with Crippen LogP contribution in [0.3, 0.4) is 0 Å². The summed E-state index contributed by atoms with van der Waals surface area (Å²) in [6, 6.07) is -1.05. The van der Waals surface area contributed by atoms with Gasteiger partial charge in [-0.25, -0.2) is 0 Å². The van der Waals surface area contributed by atoms with Gasteiger partial charge in [-0.15, -0.1) is 0 Å². The molecule has 6 nitrogen and oxygen atoms in total. The summed E-state index contributed by atoms with van der Waals surface area (Å²) in [5.41, 5.74) is 0. The van der Waals surface area contributed by atoms with E-state index in [2.05, 4.69) is 5.32 Å². The molecule has 4 unspecified atom stereocenters. The van der Waals surface area contributed by atoms with Gasteiger partial charge in [0, 0.05) is 6.10 Å². The Kier molecular flexibility index (Phi) is 6.99. The quantitative estimate of drug-likeness (QED) is 0.306. The summed E-state index contributed by atoms with van der Waals surface area (Å²) in [4.78, 5) is 0. The highest BCUT2D eigenvalue weighted by Crippen LogP contribution is 2.13. The van der Waals surface area contributed by atoms with Crippen LogP contribution in [-0.2, 0) is 0 Å². The van der Waals surface area contributed by atoms with Crippen LogP contribution in [0.15, 0.2) is 0 Å². The zero-order valence-corrected chi connectivity index (χ0v) is 9.04. The van der Waals surface area contributed by atoms with Crippen molar-refractivity contribution in [3.8, 4) is 0 Å². The molecule has 1 aliphatic rings. The third-order valence-electron chi connectivity index (χ3n) is 2.00. The molecule has 0 bridgehead atoms. The Morgan fingerprint density at radius 1 is 1.00 bits per heavy atom. The lowest BCUT2D eigenvalue weighted by atomic mass is 10.1. The Balaban J connectivity index is 0.000000423. The Morgan fingerprint density at radius 2 is 1.27 bits per heavy atom. The van der Waals surface area contributed by atoms with Crippen LogP contribution < -0.4 is 5.32 Å². The van der Waals surface area contributed by atoms with E-state index >= 15 is 0 Å². The van der Waals surface area contributed by atoms with Gasteiger partial charge < -0.3 is 30.8 Å². The highest BCUT2D eigenvalue weighted by Gasteiger charge is 2.39. The minimum Gasteiger partial charge on any atom is -0.395 e. The molecule has 1 saturated heterocycles. The van der Waals surface area contributed by atoms with Gasteiger partial charge in [-0.1, -0.05) is 0 Å². The first-order chi connectivity index (χ1) is 6.93. The first kappa shape index (κ1) is 14.8. The monoisotopic (exact) mass is 223 g/mol. The zero-order valence-electron chi connectivity index (χ0n) is 9.04. The molecule has 92 valence electrons. The molecular formula is C9H21NO5. The first-order valence-corrected chi connectivity index (χ1v) is 4.96. The molecule has 6 heteroatoms. The van der Waals surface area contributed by atoms with Gasteiger partial charge in [0.15, 0.2) is 0 Å². The zero-order chi connectivity index (χ0) is 12.0. The molecule has 4 atom stereocenters. The Morgan fingerprint density at radius 3 is 1.40 bits per heavy atom. The van der Waals surface area contributed by atoms with Crippen molar-refractivity contribution in [2.75, 3.05) is 13.2 Å². The third-order valence-corrected chi connectivity index (χ3v) is 2.00. The molecule has 0 amide bonds. The van der Waals surface area contributed by atoms with Gasteiger partial charge in [0.1, 0.15) is 0 Å². The maximum absolute atomic E-state index is 9.18. The Hall–Kier alpha value is -0.240. The van der Waals surface area contributed by atoms with Gasteiger partial charge >= 0.3 is 0 Å². The van der Waals surface area contributed by atoms with Crippen molar-refractivity contribution in [1.29, 1.82) is 0 Å². The predicted molar refractivity (Wildman–Crippen MR) is 54.3 cm³/mol. The molecule has 0 aromatic rings. The minimum atomic E-state index is -0.989. The summed E-state index contributed by atoms with van der Waals surface area (Å²) < 4.78 is 0. The maximum atomic E-state index is 9.18. The lowest BCUT2D eigenvalue weighted by Crippen LogP contribution is -2.37. The summed E-state index contributed by atoms with van der Waals surface area (Å²) in [7, 11) is 0. The fourth-order valence-electron chi connectivity index (χ4n) is 1.27. The van der Waals surface area contributed by atoms with Crippen molar-refractivity contribution < 1.29 is 25.5 Å². The fraction of sp³-hybridized carbons (Fsp3) is 1.00. The molecule has 6 N–H and O–H groups in total. The lowest BCUT2D eigenvalue weighted by Gasteiger charge is -2.12. The summed E-state index contributed by atoms with van der Waals surface area (Å²) >= 11 is 0. The van der Waals surface area contributed by atoms with Crippen molar-refractivity contribution in [1.82, 2.24) is 5.32 Å². The summed E-state index contributed by atoms with van der Waals surface area (Å²) in [5.74, 6) is 0. The predicted octanol–water partition coefficient (Wildman–Crippen LogP) is -2.58. The van der Waals surface area contributed by atoms with Crippen LogP contribution >= 0.6 is 0 Å². The SMILES string of the molecule is CC(C)O.OCC1NC(CO)C(O)C1O. The molecule has 0 radical (unpaired) electrons. The number of hydrogen-bond acceptors (Lipinski definition) is 6. The Bertz CT molecular complexity index is 146. The van der Waals surface area contributed by atoms with E-state index in [-0.39, 0.29) is 19.3 Å². The van der Waals surface area contributed by atoms with E-state index in [4.69, 9.17) is 15.3 Å². The van der Waals surface area contributed by atoms with E-state index in [1.165, 1.54) is 0 Å². The van der Waals surface area contributed by atoms with Crippen LogP contribution in [0.25, 0.3) is 0 Å². The number of hydrogen-bond donors (Lipinski definition) is 6. The van der Waals surface area contributed by atoms with E-state index < -0.39 is 24.3 Å². The second-order valence-corrected chi connectivity index (χ2v) is 3.82. The average molecular weight is 223 g/mol. The average Bonchev–Trinajstić information content (AvgIpc) is 2.43. The molecule has 0 saturated carbocycles. The summed E-state index contributed by atoms with van der Waals surface area (Å²) in [6.45, 7) is 2.96. The van der Waals surface area contributed by atoms with Gasteiger partial charge in [-0.05, 0) is 13.8 Å². The normalized spacial score (nSPS) is 35.2. The van der Waals surface area contributed by atoms with Crippen molar-refractivity contribution in [2.45, 2.75) is 44.2 Å². The van der Waals surface area contributed by atoms with E-state index in [0.29, 0.717) is 0 Å². The first-order valence-electron chi connectivity index (χ1n) is 4.96. The molecule has 1 fully saturated rings. The van der Waals surface area contributed by atoms with E-state index in [0.717, 1.165) is 0 Å². The van der Waals surface area contributed by atoms with Gasteiger partial charge in [0.25, 0.3) is 0 Å². The molecule has 0 aromatic heterocycles. The summed E-state index contributed by atoms with van der Waals surface area (Å²) in [5, 5.41) is 46.4. The van der Waals surface area contributed by atoms with Crippen molar-refractivity contribution in [3.63, 3.8) is 0 Å². The summed E-state index contributed by atoms with van der Waals surface area (Å²) in [6.07, 6.45) is -2.14. The topological polar surface area (TPSA) is 113 Å². The minimum absolute atomic E-state index is 0.167. The van der Waals surface area contributed by atoms with Crippen molar-refractivity contribution >= 4 is 0 Å². The van der Waals surface area contributed by atoms with Crippen LogP contribution in [-0.4, -0.2) is 69.1 Å². The molecular weight excluding hydrogens is 202 g/mol. The second kappa shape index (κ2) is 7.10. The second-order valence-electron chi connectivity index (χ2n) is 3.82. The van der Waals surface area contributed by atoms with Gasteiger partial charge in [-0.2, -0.15) is 0 Å². The van der Waals surface area contributed by atoms with Crippen LogP contribution in [0, 0.1) is 0 Å². The van der Waals surface area contributed by atoms with E-state index in [1.54, 1.807) is 13.8 Å². The van der Waals surface area contributed by atoms with Crippen LogP contribution in [0.2, 0.25) is 0 Å². The van der Waals surface area contributed by atoms with E-state index in [1.807, 2.05) is 0 Å². The van der Waals surface area contributed by atoms with Crippen LogP contribution in [0.5, 0.6) is 0 Å². The maximum Gasteiger partial charge on any atom is 0.0990 e. The van der Waals surface area contributed by atoms with Crippen LogP contribution in [0.1, 0.15) is 13.8 Å². The molecule has 15 heavy (non-hydrogen) atoms. The fourth-order valence-corrected chi connectivity index (χ4v) is 1.27. The number of rotatable bonds is 2. The highest BCUT2D eigenvalue weighted by molar-refractivity contribution is 4.97.